The topological polar surface area (TPSA) is 60.2 Å². The van der Waals surface area contributed by atoms with Crippen LogP contribution in [-0.2, 0) is 16.1 Å². The molecule has 8 heteroatoms. The first-order chi connectivity index (χ1) is 14.1. The second-order valence-electron chi connectivity index (χ2n) is 8.03. The molecular formula is C21H30N4O2S2. The highest BCUT2D eigenvalue weighted by Gasteiger charge is 2.29. The van der Waals surface area contributed by atoms with Gasteiger partial charge < -0.3 is 9.64 Å². The number of hydrogen-bond donors (Lipinski definition) is 0. The molecule has 3 heterocycles. The molecule has 6 nitrogen and oxygen atoms in total. The van der Waals surface area contributed by atoms with Crippen molar-refractivity contribution in [1.82, 2.24) is 19.7 Å². The minimum absolute atomic E-state index is 0.186. The van der Waals surface area contributed by atoms with Gasteiger partial charge in [-0.25, -0.2) is 0 Å². The molecule has 2 aromatic rings. The maximum absolute atomic E-state index is 13.1. The van der Waals surface area contributed by atoms with E-state index in [1.165, 1.54) is 31.0 Å². The van der Waals surface area contributed by atoms with Crippen LogP contribution in [0.25, 0.3) is 10.7 Å². The van der Waals surface area contributed by atoms with E-state index < -0.39 is 0 Å². The van der Waals surface area contributed by atoms with Crippen LogP contribution < -0.4 is 0 Å². The average Bonchev–Trinajstić information content (AvgIpc) is 3.51. The molecule has 1 aliphatic carbocycles. The number of carbonyl (C=O) groups excluding carboxylic acids is 1. The minimum Gasteiger partial charge on any atom is -0.376 e. The highest BCUT2D eigenvalue weighted by atomic mass is 32.2. The molecule has 4 rings (SSSR count). The van der Waals surface area contributed by atoms with Gasteiger partial charge in [0.25, 0.3) is 0 Å². The molecule has 0 bridgehead atoms. The zero-order chi connectivity index (χ0) is 20.2. The van der Waals surface area contributed by atoms with Gasteiger partial charge in [-0.3, -0.25) is 9.36 Å². The maximum Gasteiger partial charge on any atom is 0.235 e. The lowest BCUT2D eigenvalue weighted by Gasteiger charge is -2.32. The van der Waals surface area contributed by atoms with Crippen molar-refractivity contribution < 1.29 is 9.53 Å². The summed E-state index contributed by atoms with van der Waals surface area (Å²) in [4.78, 5) is 16.1. The van der Waals surface area contributed by atoms with Crippen LogP contribution in [0.15, 0.2) is 22.7 Å². The van der Waals surface area contributed by atoms with E-state index in [2.05, 4.69) is 26.2 Å². The molecule has 2 atom stereocenters. The summed E-state index contributed by atoms with van der Waals surface area (Å²) in [6, 6.07) is 4.48. The summed E-state index contributed by atoms with van der Waals surface area (Å²) in [6.07, 6.45) is 8.35. The first-order valence-electron chi connectivity index (χ1n) is 10.7. The highest BCUT2D eigenvalue weighted by Crippen LogP contribution is 2.32. The molecular weight excluding hydrogens is 404 g/mol. The van der Waals surface area contributed by atoms with Crippen molar-refractivity contribution in [2.75, 3.05) is 13.7 Å². The summed E-state index contributed by atoms with van der Waals surface area (Å²) in [5, 5.41) is 11.6. The van der Waals surface area contributed by atoms with Crippen LogP contribution in [0.1, 0.15) is 51.9 Å². The largest absolute Gasteiger partial charge is 0.376 e. The van der Waals surface area contributed by atoms with Crippen molar-refractivity contribution in [2.24, 2.45) is 0 Å². The lowest BCUT2D eigenvalue weighted by atomic mass is 9.94. The van der Waals surface area contributed by atoms with E-state index in [9.17, 15) is 4.79 Å². The number of nitrogens with zero attached hydrogens (tertiary/aromatic N) is 4. The molecule has 1 aliphatic heterocycles. The number of aromatic nitrogens is 3. The molecule has 2 aromatic heterocycles. The first kappa shape index (κ1) is 20.9. The molecule has 2 unspecified atom stereocenters. The van der Waals surface area contributed by atoms with Crippen molar-refractivity contribution in [1.29, 1.82) is 0 Å². The second kappa shape index (κ2) is 9.62. The van der Waals surface area contributed by atoms with Crippen LogP contribution in [-0.4, -0.2) is 56.6 Å². The third-order valence-electron chi connectivity index (χ3n) is 5.97. The Bertz CT molecular complexity index is 796. The van der Waals surface area contributed by atoms with E-state index in [-0.39, 0.29) is 17.3 Å². The number of thiophene rings is 1. The Labute approximate surface area is 181 Å². The van der Waals surface area contributed by atoms with E-state index >= 15 is 0 Å². The van der Waals surface area contributed by atoms with Gasteiger partial charge in [0.1, 0.15) is 0 Å². The van der Waals surface area contributed by atoms with E-state index in [1.54, 1.807) is 11.3 Å². The molecule has 1 saturated carbocycles. The maximum atomic E-state index is 13.1. The van der Waals surface area contributed by atoms with Crippen molar-refractivity contribution in [3.05, 3.63) is 17.5 Å². The van der Waals surface area contributed by atoms with E-state index in [1.807, 2.05) is 24.9 Å². The Balaban J connectivity index is 1.50. The zero-order valence-corrected chi connectivity index (χ0v) is 18.9. The summed E-state index contributed by atoms with van der Waals surface area (Å²) in [7, 11) is 1.96. The molecule has 0 spiro atoms. The SMILES string of the molecule is CC(Sc1nnc(-c2cccs2)n1CC1CCCO1)C(=O)N(C)C1CCCCC1. The Kier molecular flexibility index (Phi) is 6.92. The molecule has 2 aliphatic rings. The zero-order valence-electron chi connectivity index (χ0n) is 17.2. The van der Waals surface area contributed by atoms with Gasteiger partial charge in [0.05, 0.1) is 22.8 Å². The minimum atomic E-state index is -0.189. The molecule has 0 N–H and O–H groups in total. The molecule has 29 heavy (non-hydrogen) atoms. The van der Waals surface area contributed by atoms with Gasteiger partial charge in [-0.1, -0.05) is 37.1 Å². The van der Waals surface area contributed by atoms with Crippen molar-refractivity contribution >= 4 is 29.0 Å². The van der Waals surface area contributed by atoms with Gasteiger partial charge in [-0.05, 0) is 44.1 Å². The van der Waals surface area contributed by atoms with Gasteiger partial charge in [-0.15, -0.1) is 21.5 Å². The van der Waals surface area contributed by atoms with Crippen LogP contribution in [0, 0.1) is 0 Å². The number of rotatable bonds is 7. The number of carbonyl (C=O) groups is 1. The van der Waals surface area contributed by atoms with Crippen LogP contribution in [0.3, 0.4) is 0 Å². The van der Waals surface area contributed by atoms with Gasteiger partial charge in [0.15, 0.2) is 11.0 Å². The van der Waals surface area contributed by atoms with Crippen LogP contribution in [0.4, 0.5) is 0 Å². The van der Waals surface area contributed by atoms with Crippen LogP contribution in [0.5, 0.6) is 0 Å². The van der Waals surface area contributed by atoms with Gasteiger partial charge in [-0.2, -0.15) is 0 Å². The summed E-state index contributed by atoms with van der Waals surface area (Å²) < 4.78 is 8.02. The third kappa shape index (κ3) is 4.86. The number of hydrogen-bond acceptors (Lipinski definition) is 6. The monoisotopic (exact) mass is 434 g/mol. The Morgan fingerprint density at radius 1 is 1.31 bits per heavy atom. The predicted octanol–water partition coefficient (Wildman–Crippen LogP) is 4.46. The van der Waals surface area contributed by atoms with Crippen molar-refractivity contribution in [2.45, 2.75) is 81.0 Å². The predicted molar refractivity (Wildman–Crippen MR) is 117 cm³/mol. The second-order valence-corrected chi connectivity index (χ2v) is 10.3. The third-order valence-corrected chi connectivity index (χ3v) is 7.90. The van der Waals surface area contributed by atoms with Crippen LogP contribution in [0.2, 0.25) is 0 Å². The molecule has 0 aromatic carbocycles. The number of thioether (sulfide) groups is 1. The van der Waals surface area contributed by atoms with Gasteiger partial charge >= 0.3 is 0 Å². The summed E-state index contributed by atoms with van der Waals surface area (Å²) in [5.41, 5.74) is 0. The highest BCUT2D eigenvalue weighted by molar-refractivity contribution is 8.00. The molecule has 158 valence electrons. The van der Waals surface area contributed by atoms with E-state index in [4.69, 9.17) is 4.74 Å². The van der Waals surface area contributed by atoms with Gasteiger partial charge in [0, 0.05) is 19.7 Å². The number of ether oxygens (including phenoxy) is 1. The summed E-state index contributed by atoms with van der Waals surface area (Å²) in [5.74, 6) is 1.06. The Morgan fingerprint density at radius 2 is 2.14 bits per heavy atom. The Morgan fingerprint density at radius 3 is 2.83 bits per heavy atom. The summed E-state index contributed by atoms with van der Waals surface area (Å²) >= 11 is 3.18. The van der Waals surface area contributed by atoms with E-state index in [0.717, 1.165) is 54.7 Å². The molecule has 1 amide bonds. The fourth-order valence-corrected chi connectivity index (χ4v) is 5.94. The summed E-state index contributed by atoms with van der Waals surface area (Å²) in [6.45, 7) is 3.55. The Hall–Kier alpha value is -1.38. The lowest BCUT2D eigenvalue weighted by Crippen LogP contribution is -2.42. The van der Waals surface area contributed by atoms with E-state index in [0.29, 0.717) is 6.04 Å². The molecule has 0 radical (unpaired) electrons. The van der Waals surface area contributed by atoms with Crippen LogP contribution >= 0.6 is 23.1 Å². The van der Waals surface area contributed by atoms with Gasteiger partial charge in [0.2, 0.25) is 5.91 Å². The average molecular weight is 435 g/mol. The quantitative estimate of drug-likeness (QED) is 0.602. The fourth-order valence-electron chi connectivity index (χ4n) is 4.26. The standard InChI is InChI=1S/C21H30N4O2S2/c1-15(20(26)24(2)16-8-4-3-5-9-16)29-21-23-22-19(18-11-7-13-28-18)25(21)14-17-10-6-12-27-17/h7,11,13,15-17H,3-6,8-10,12,14H2,1-2H3. The smallest absolute Gasteiger partial charge is 0.235 e. The lowest BCUT2D eigenvalue weighted by molar-refractivity contribution is -0.131. The fraction of sp³-hybridized carbons (Fsp3) is 0.667. The first-order valence-corrected chi connectivity index (χ1v) is 12.4. The van der Waals surface area contributed by atoms with Crippen molar-refractivity contribution in [3.63, 3.8) is 0 Å². The van der Waals surface area contributed by atoms with Crippen molar-refractivity contribution in [3.8, 4) is 10.7 Å². The molecule has 1 saturated heterocycles. The normalized spacial score (nSPS) is 21.4. The number of amides is 1. The molecule has 2 fully saturated rings.